The topological polar surface area (TPSA) is 0 Å². The van der Waals surface area contributed by atoms with Gasteiger partial charge in [0.15, 0.2) is 0 Å². The third-order valence-corrected chi connectivity index (χ3v) is 4.04. The lowest BCUT2D eigenvalue weighted by atomic mass is 9.97. The molecule has 0 nitrogen and oxygen atoms in total. The molecule has 2 unspecified atom stereocenters. The summed E-state index contributed by atoms with van der Waals surface area (Å²) in [5, 5.41) is 0. The van der Waals surface area contributed by atoms with E-state index >= 15 is 0 Å². The fourth-order valence-electron chi connectivity index (χ4n) is 2.83. The molecule has 19 heavy (non-hydrogen) atoms. The highest BCUT2D eigenvalue weighted by molar-refractivity contribution is 5.54. The van der Waals surface area contributed by atoms with Crippen LogP contribution in [0.25, 0.3) is 12.2 Å². The first-order chi connectivity index (χ1) is 9.26. The summed E-state index contributed by atoms with van der Waals surface area (Å²) < 4.78 is 0. The summed E-state index contributed by atoms with van der Waals surface area (Å²) in [6.07, 6.45) is 13.0. The van der Waals surface area contributed by atoms with Gasteiger partial charge in [-0.3, -0.25) is 0 Å². The molecule has 1 aromatic rings. The van der Waals surface area contributed by atoms with Gasteiger partial charge in [-0.05, 0) is 41.7 Å². The second kappa shape index (κ2) is 6.38. The Morgan fingerprint density at radius 1 is 0.842 bits per heavy atom. The molecule has 0 N–H and O–H groups in total. The Morgan fingerprint density at radius 3 is 1.84 bits per heavy atom. The molecule has 1 aliphatic rings. The number of benzene rings is 1. The molecular formula is C19H22. The Hall–Kier alpha value is -1.82. The second-order valence-electron chi connectivity index (χ2n) is 5.26. The quantitative estimate of drug-likeness (QED) is 0.617. The Morgan fingerprint density at radius 2 is 1.37 bits per heavy atom. The van der Waals surface area contributed by atoms with Crippen LogP contribution in [0.4, 0.5) is 0 Å². The number of hydrogen-bond acceptors (Lipinski definition) is 0. The first-order valence-corrected chi connectivity index (χ1v) is 6.92. The van der Waals surface area contributed by atoms with Crippen molar-refractivity contribution in [2.24, 2.45) is 17.8 Å². The van der Waals surface area contributed by atoms with Crippen LogP contribution < -0.4 is 0 Å². The molecule has 0 radical (unpaired) electrons. The maximum absolute atomic E-state index is 3.93. The van der Waals surface area contributed by atoms with Crippen LogP contribution in [0.15, 0.2) is 62.2 Å². The van der Waals surface area contributed by atoms with E-state index in [1.165, 1.54) is 18.4 Å². The van der Waals surface area contributed by atoms with E-state index in [2.05, 4.69) is 68.3 Å². The first-order valence-electron chi connectivity index (χ1n) is 6.92. The van der Waals surface area contributed by atoms with Gasteiger partial charge >= 0.3 is 0 Å². The number of hydrogen-bond donors (Lipinski definition) is 0. The van der Waals surface area contributed by atoms with Gasteiger partial charge in [0.25, 0.3) is 0 Å². The molecular weight excluding hydrogens is 228 g/mol. The summed E-state index contributed by atoms with van der Waals surface area (Å²) in [5.41, 5.74) is 2.42. The van der Waals surface area contributed by atoms with Crippen LogP contribution in [-0.2, 0) is 0 Å². The van der Waals surface area contributed by atoms with Gasteiger partial charge in [0.1, 0.15) is 0 Å². The summed E-state index contributed by atoms with van der Waals surface area (Å²) in [7, 11) is 0. The molecule has 0 amide bonds. The average molecular weight is 250 g/mol. The molecule has 0 saturated heterocycles. The Bertz CT molecular complexity index is 459. The molecule has 2 rings (SSSR count). The predicted octanol–water partition coefficient (Wildman–Crippen LogP) is 5.36. The molecule has 1 aliphatic carbocycles. The van der Waals surface area contributed by atoms with Gasteiger partial charge in [-0.1, -0.05) is 61.2 Å². The molecule has 0 heterocycles. The molecule has 1 fully saturated rings. The standard InChI is InChI=1S/C19H22/c1-4-15-7-9-16(10-8-15)11-12-17-13-18(5-2)19(6-3)14-17/h4-12,17-19H,1-3,13-14H2/b12-11+. The lowest BCUT2D eigenvalue weighted by Crippen LogP contribution is -1.99. The summed E-state index contributed by atoms with van der Waals surface area (Å²) in [4.78, 5) is 0. The molecule has 0 aromatic heterocycles. The zero-order valence-electron chi connectivity index (χ0n) is 11.5. The summed E-state index contributed by atoms with van der Waals surface area (Å²) in [5.74, 6) is 1.83. The van der Waals surface area contributed by atoms with Crippen molar-refractivity contribution in [3.05, 3.63) is 73.4 Å². The van der Waals surface area contributed by atoms with Crippen LogP contribution in [0.2, 0.25) is 0 Å². The third-order valence-electron chi connectivity index (χ3n) is 4.04. The van der Waals surface area contributed by atoms with Gasteiger partial charge in [-0.2, -0.15) is 0 Å². The van der Waals surface area contributed by atoms with Gasteiger partial charge in [0, 0.05) is 0 Å². The zero-order valence-corrected chi connectivity index (χ0v) is 11.5. The Labute approximate surface area is 116 Å². The van der Waals surface area contributed by atoms with Crippen LogP contribution in [0.5, 0.6) is 0 Å². The van der Waals surface area contributed by atoms with E-state index in [1.54, 1.807) is 0 Å². The molecule has 0 heteroatoms. The van der Waals surface area contributed by atoms with Crippen molar-refractivity contribution in [2.75, 3.05) is 0 Å². The van der Waals surface area contributed by atoms with E-state index in [4.69, 9.17) is 0 Å². The molecule has 1 saturated carbocycles. The van der Waals surface area contributed by atoms with Crippen LogP contribution in [0, 0.1) is 17.8 Å². The monoisotopic (exact) mass is 250 g/mol. The minimum atomic E-state index is 0.593. The zero-order chi connectivity index (χ0) is 13.7. The van der Waals surface area contributed by atoms with Gasteiger partial charge in [-0.25, -0.2) is 0 Å². The lowest BCUT2D eigenvalue weighted by Gasteiger charge is -2.08. The second-order valence-corrected chi connectivity index (χ2v) is 5.26. The molecule has 98 valence electrons. The van der Waals surface area contributed by atoms with Crippen molar-refractivity contribution in [1.29, 1.82) is 0 Å². The van der Waals surface area contributed by atoms with E-state index in [0.717, 1.165) is 5.56 Å². The van der Waals surface area contributed by atoms with E-state index in [0.29, 0.717) is 17.8 Å². The van der Waals surface area contributed by atoms with Gasteiger partial charge in [0.05, 0.1) is 0 Å². The van der Waals surface area contributed by atoms with Crippen molar-refractivity contribution < 1.29 is 0 Å². The lowest BCUT2D eigenvalue weighted by molar-refractivity contribution is 0.560. The predicted molar refractivity (Wildman–Crippen MR) is 85.7 cm³/mol. The molecule has 0 spiro atoms. The fraction of sp³-hybridized carbons (Fsp3) is 0.263. The van der Waals surface area contributed by atoms with Crippen LogP contribution in [0.1, 0.15) is 24.0 Å². The van der Waals surface area contributed by atoms with Gasteiger partial charge < -0.3 is 0 Å². The highest BCUT2D eigenvalue weighted by Crippen LogP contribution is 2.38. The Kier molecular flexibility index (Phi) is 4.57. The Balaban J connectivity index is 2.00. The smallest absolute Gasteiger partial charge is 0.0167 e. The van der Waals surface area contributed by atoms with E-state index in [-0.39, 0.29) is 0 Å². The highest BCUT2D eigenvalue weighted by Gasteiger charge is 2.28. The fourth-order valence-corrected chi connectivity index (χ4v) is 2.83. The maximum Gasteiger partial charge on any atom is -0.0167 e. The van der Waals surface area contributed by atoms with E-state index < -0.39 is 0 Å². The average Bonchev–Trinajstić information content (AvgIpc) is 2.88. The largest absolute Gasteiger partial charge is 0.103 e. The highest BCUT2D eigenvalue weighted by atomic mass is 14.3. The summed E-state index contributed by atoms with van der Waals surface area (Å²) in [6.45, 7) is 11.6. The maximum atomic E-state index is 3.93. The van der Waals surface area contributed by atoms with Gasteiger partial charge in [-0.15, -0.1) is 13.2 Å². The van der Waals surface area contributed by atoms with E-state index in [1.807, 2.05) is 6.08 Å². The van der Waals surface area contributed by atoms with Crippen LogP contribution >= 0.6 is 0 Å². The summed E-state index contributed by atoms with van der Waals surface area (Å²) >= 11 is 0. The number of allylic oxidation sites excluding steroid dienone is 3. The molecule has 1 aromatic carbocycles. The van der Waals surface area contributed by atoms with Crippen molar-refractivity contribution >= 4 is 12.2 Å². The van der Waals surface area contributed by atoms with E-state index in [9.17, 15) is 0 Å². The molecule has 0 aliphatic heterocycles. The van der Waals surface area contributed by atoms with Crippen molar-refractivity contribution in [3.8, 4) is 0 Å². The van der Waals surface area contributed by atoms with Crippen LogP contribution in [0.3, 0.4) is 0 Å². The normalized spacial score (nSPS) is 26.4. The first kappa shape index (κ1) is 13.6. The minimum absolute atomic E-state index is 0.593. The van der Waals surface area contributed by atoms with Crippen molar-refractivity contribution in [2.45, 2.75) is 12.8 Å². The molecule has 0 bridgehead atoms. The third kappa shape index (κ3) is 3.35. The number of rotatable bonds is 5. The van der Waals surface area contributed by atoms with Crippen LogP contribution in [-0.4, -0.2) is 0 Å². The minimum Gasteiger partial charge on any atom is -0.103 e. The van der Waals surface area contributed by atoms with Crippen molar-refractivity contribution in [1.82, 2.24) is 0 Å². The van der Waals surface area contributed by atoms with Gasteiger partial charge in [0.2, 0.25) is 0 Å². The van der Waals surface area contributed by atoms with Crippen molar-refractivity contribution in [3.63, 3.8) is 0 Å². The SMILES string of the molecule is C=Cc1ccc(/C=C/C2CC(C=C)C(C=C)C2)cc1. The summed E-state index contributed by atoms with van der Waals surface area (Å²) in [6, 6.07) is 8.47. The molecule has 2 atom stereocenters.